The average Bonchev–Trinajstić information content (AvgIpc) is 3.35. The summed E-state index contributed by atoms with van der Waals surface area (Å²) in [6, 6.07) is 0. The molecule has 0 spiro atoms. The first kappa shape index (κ1) is 19.9. The second kappa shape index (κ2) is 11.4. The molecule has 0 amide bonds. The van der Waals surface area contributed by atoms with E-state index in [4.69, 9.17) is 18.9 Å². The van der Waals surface area contributed by atoms with Crippen molar-refractivity contribution in [1.29, 1.82) is 0 Å². The number of rotatable bonds is 15. The van der Waals surface area contributed by atoms with Gasteiger partial charge in [-0.05, 0) is 19.3 Å². The first-order valence-corrected chi connectivity index (χ1v) is 8.93. The zero-order valence-electron chi connectivity index (χ0n) is 15.1. The van der Waals surface area contributed by atoms with E-state index in [0.717, 1.165) is 32.7 Å². The zero-order valence-corrected chi connectivity index (χ0v) is 15.1. The summed E-state index contributed by atoms with van der Waals surface area (Å²) in [5.74, 6) is 0.111. The maximum atomic E-state index is 5.71. The highest BCUT2D eigenvalue weighted by Gasteiger charge is 2.27. The van der Waals surface area contributed by atoms with Crippen LogP contribution in [0.5, 0.6) is 0 Å². The Balaban J connectivity index is 2.26. The molecule has 1 fully saturated rings. The number of hydrogen-bond donors (Lipinski definition) is 0. The quantitative estimate of drug-likeness (QED) is 0.258. The molecule has 2 unspecified atom stereocenters. The van der Waals surface area contributed by atoms with Crippen LogP contribution in [0.4, 0.5) is 0 Å². The van der Waals surface area contributed by atoms with Crippen LogP contribution in [0.15, 0.2) is 0 Å². The van der Waals surface area contributed by atoms with Gasteiger partial charge in [-0.3, -0.25) is 0 Å². The normalized spacial score (nSPS) is 19.4. The van der Waals surface area contributed by atoms with Gasteiger partial charge in [-0.15, -0.1) is 0 Å². The molecule has 1 heterocycles. The smallest absolute Gasteiger partial charge is 0.165 e. The van der Waals surface area contributed by atoms with Gasteiger partial charge in [0.2, 0.25) is 0 Å². The van der Waals surface area contributed by atoms with E-state index in [9.17, 15) is 0 Å². The molecule has 1 saturated heterocycles. The summed E-state index contributed by atoms with van der Waals surface area (Å²) in [6.45, 7) is 6.70. The largest absolute Gasteiger partial charge is 0.379 e. The van der Waals surface area contributed by atoms with Crippen LogP contribution in [-0.4, -0.2) is 45.9 Å². The third-order valence-electron chi connectivity index (χ3n) is 4.62. The molecule has 0 aromatic carbocycles. The Hall–Kier alpha value is -0.160. The molecule has 1 aliphatic rings. The predicted octanol–water partition coefficient (Wildman–Crippen LogP) is 4.17. The standard InChI is InChI=1S/C18H36O4/c1-5-6-7-8-9-10-16(13-18(2,19-3)20-4)11-12-21-14-17-15-22-17/h16-17H,5-15H2,1-4H3. The molecular formula is C18H36O4. The van der Waals surface area contributed by atoms with Crippen LogP contribution in [-0.2, 0) is 18.9 Å². The fraction of sp³-hybridized carbons (Fsp3) is 1.00. The van der Waals surface area contributed by atoms with Gasteiger partial charge in [0, 0.05) is 27.2 Å². The highest BCUT2D eigenvalue weighted by atomic mass is 16.7. The van der Waals surface area contributed by atoms with Crippen LogP contribution in [0, 0.1) is 5.92 Å². The van der Waals surface area contributed by atoms with E-state index in [1.54, 1.807) is 14.2 Å². The molecule has 0 saturated carbocycles. The maximum absolute atomic E-state index is 5.71. The van der Waals surface area contributed by atoms with Crippen LogP contribution in [0.3, 0.4) is 0 Å². The summed E-state index contributed by atoms with van der Waals surface area (Å²) < 4.78 is 21.9. The zero-order chi connectivity index (χ0) is 16.3. The van der Waals surface area contributed by atoms with Crippen LogP contribution in [0.2, 0.25) is 0 Å². The Labute approximate surface area is 136 Å². The highest BCUT2D eigenvalue weighted by Crippen LogP contribution is 2.28. The van der Waals surface area contributed by atoms with E-state index < -0.39 is 5.79 Å². The van der Waals surface area contributed by atoms with Gasteiger partial charge < -0.3 is 18.9 Å². The SMILES string of the molecule is CCCCCCCC(CCOCC1CO1)CC(C)(OC)OC. The third-order valence-corrected chi connectivity index (χ3v) is 4.62. The fourth-order valence-electron chi connectivity index (χ4n) is 2.79. The molecule has 0 radical (unpaired) electrons. The fourth-order valence-corrected chi connectivity index (χ4v) is 2.79. The number of methoxy groups -OCH3 is 2. The number of ether oxygens (including phenoxy) is 4. The summed E-state index contributed by atoms with van der Waals surface area (Å²) in [4.78, 5) is 0. The minimum Gasteiger partial charge on any atom is -0.379 e. The van der Waals surface area contributed by atoms with Gasteiger partial charge in [0.25, 0.3) is 0 Å². The molecule has 4 heteroatoms. The Morgan fingerprint density at radius 2 is 1.77 bits per heavy atom. The summed E-state index contributed by atoms with van der Waals surface area (Å²) in [7, 11) is 3.45. The van der Waals surface area contributed by atoms with Crippen molar-refractivity contribution in [2.45, 2.75) is 77.1 Å². The van der Waals surface area contributed by atoms with E-state index in [-0.39, 0.29) is 0 Å². The summed E-state index contributed by atoms with van der Waals surface area (Å²) in [6.07, 6.45) is 10.2. The van der Waals surface area contributed by atoms with Crippen molar-refractivity contribution in [3.05, 3.63) is 0 Å². The molecule has 1 rings (SSSR count). The minimum atomic E-state index is -0.478. The van der Waals surface area contributed by atoms with Gasteiger partial charge in [0.1, 0.15) is 6.10 Å². The van der Waals surface area contributed by atoms with Crippen molar-refractivity contribution in [3.63, 3.8) is 0 Å². The first-order chi connectivity index (χ1) is 10.6. The Bertz CT molecular complexity index is 262. The summed E-state index contributed by atoms with van der Waals surface area (Å²) in [5.41, 5.74) is 0. The molecule has 0 aromatic heterocycles. The molecule has 0 N–H and O–H groups in total. The minimum absolute atomic E-state index is 0.357. The lowest BCUT2D eigenvalue weighted by molar-refractivity contribution is -0.205. The Morgan fingerprint density at radius 3 is 2.36 bits per heavy atom. The van der Waals surface area contributed by atoms with Crippen molar-refractivity contribution in [3.8, 4) is 0 Å². The van der Waals surface area contributed by atoms with Crippen LogP contribution < -0.4 is 0 Å². The van der Waals surface area contributed by atoms with Crippen molar-refractivity contribution < 1.29 is 18.9 Å². The molecule has 0 bridgehead atoms. The average molecular weight is 316 g/mol. The van der Waals surface area contributed by atoms with Crippen molar-refractivity contribution >= 4 is 0 Å². The van der Waals surface area contributed by atoms with Crippen molar-refractivity contribution in [1.82, 2.24) is 0 Å². The van der Waals surface area contributed by atoms with E-state index >= 15 is 0 Å². The lowest BCUT2D eigenvalue weighted by Crippen LogP contribution is -2.32. The third kappa shape index (κ3) is 9.09. The van der Waals surface area contributed by atoms with E-state index in [1.165, 1.54) is 38.5 Å². The number of hydrogen-bond acceptors (Lipinski definition) is 4. The lowest BCUT2D eigenvalue weighted by Gasteiger charge is -2.31. The summed E-state index contributed by atoms with van der Waals surface area (Å²) in [5, 5.41) is 0. The molecule has 0 aliphatic carbocycles. The molecule has 22 heavy (non-hydrogen) atoms. The Kier molecular flexibility index (Phi) is 10.3. The van der Waals surface area contributed by atoms with Gasteiger partial charge in [-0.1, -0.05) is 45.4 Å². The van der Waals surface area contributed by atoms with Crippen molar-refractivity contribution in [2.24, 2.45) is 5.92 Å². The van der Waals surface area contributed by atoms with Crippen LogP contribution >= 0.6 is 0 Å². The molecule has 132 valence electrons. The summed E-state index contributed by atoms with van der Waals surface area (Å²) >= 11 is 0. The van der Waals surface area contributed by atoms with E-state index in [0.29, 0.717) is 12.0 Å². The maximum Gasteiger partial charge on any atom is 0.165 e. The molecule has 0 aromatic rings. The van der Waals surface area contributed by atoms with E-state index in [2.05, 4.69) is 6.92 Å². The van der Waals surface area contributed by atoms with Gasteiger partial charge in [0.15, 0.2) is 5.79 Å². The Morgan fingerprint density at radius 1 is 1.09 bits per heavy atom. The monoisotopic (exact) mass is 316 g/mol. The predicted molar refractivity (Wildman–Crippen MR) is 89.1 cm³/mol. The molecule has 1 aliphatic heterocycles. The van der Waals surface area contributed by atoms with Gasteiger partial charge in [-0.2, -0.15) is 0 Å². The van der Waals surface area contributed by atoms with Gasteiger partial charge in [0.05, 0.1) is 13.2 Å². The van der Waals surface area contributed by atoms with Crippen LogP contribution in [0.1, 0.15) is 65.2 Å². The first-order valence-electron chi connectivity index (χ1n) is 8.93. The molecule has 4 nitrogen and oxygen atoms in total. The topological polar surface area (TPSA) is 40.2 Å². The molecule has 2 atom stereocenters. The second-order valence-corrected chi connectivity index (χ2v) is 6.63. The van der Waals surface area contributed by atoms with Gasteiger partial charge in [-0.25, -0.2) is 0 Å². The number of unbranched alkanes of at least 4 members (excludes halogenated alkanes) is 4. The van der Waals surface area contributed by atoms with Crippen molar-refractivity contribution in [2.75, 3.05) is 34.0 Å². The molecular weight excluding hydrogens is 280 g/mol. The lowest BCUT2D eigenvalue weighted by atomic mass is 9.91. The highest BCUT2D eigenvalue weighted by molar-refractivity contribution is 4.71. The number of epoxide rings is 1. The van der Waals surface area contributed by atoms with Crippen LogP contribution in [0.25, 0.3) is 0 Å². The van der Waals surface area contributed by atoms with Gasteiger partial charge >= 0.3 is 0 Å². The second-order valence-electron chi connectivity index (χ2n) is 6.63. The van der Waals surface area contributed by atoms with E-state index in [1.807, 2.05) is 6.92 Å².